The molecule has 1 amide bonds. The number of esters is 1. The summed E-state index contributed by atoms with van der Waals surface area (Å²) < 4.78 is 9.66. The van der Waals surface area contributed by atoms with E-state index in [-0.39, 0.29) is 19.0 Å². The van der Waals surface area contributed by atoms with Gasteiger partial charge in [0.2, 0.25) is 0 Å². The molecule has 6 nitrogen and oxygen atoms in total. The van der Waals surface area contributed by atoms with E-state index in [0.29, 0.717) is 12.5 Å². The number of nitrogens with two attached hydrogens (primary N) is 1. The van der Waals surface area contributed by atoms with Crippen LogP contribution in [0.15, 0.2) is 0 Å². The van der Waals surface area contributed by atoms with Crippen LogP contribution < -0.4 is 5.73 Å². The summed E-state index contributed by atoms with van der Waals surface area (Å²) in [7, 11) is 2.74. The standard InChI is InChI=1S/C13H26N2O4/c1-5-10(6-2)8-15(9-12(16)19-4)13(17)11(7-14)18-3/h10-11H,5-9,14H2,1-4H3. The quantitative estimate of drug-likeness (QED) is 0.615. The lowest BCUT2D eigenvalue weighted by Crippen LogP contribution is -2.47. The summed E-state index contributed by atoms with van der Waals surface area (Å²) in [6.45, 7) is 4.67. The van der Waals surface area contributed by atoms with Gasteiger partial charge in [-0.05, 0) is 5.92 Å². The smallest absolute Gasteiger partial charge is 0.325 e. The van der Waals surface area contributed by atoms with Crippen molar-refractivity contribution < 1.29 is 19.1 Å². The lowest BCUT2D eigenvalue weighted by atomic mass is 10.0. The monoisotopic (exact) mass is 274 g/mol. The summed E-state index contributed by atoms with van der Waals surface area (Å²) in [6, 6.07) is 0. The average Bonchev–Trinajstić information content (AvgIpc) is 2.44. The van der Waals surface area contributed by atoms with Crippen LogP contribution in [-0.2, 0) is 19.1 Å². The Bertz CT molecular complexity index is 276. The minimum absolute atomic E-state index is 0.0638. The van der Waals surface area contributed by atoms with E-state index in [4.69, 9.17) is 10.5 Å². The van der Waals surface area contributed by atoms with E-state index in [0.717, 1.165) is 12.8 Å². The molecular formula is C13H26N2O4. The van der Waals surface area contributed by atoms with Gasteiger partial charge in [0.05, 0.1) is 7.11 Å². The normalized spacial score (nSPS) is 12.3. The van der Waals surface area contributed by atoms with Crippen LogP contribution in [0.5, 0.6) is 0 Å². The van der Waals surface area contributed by atoms with E-state index in [1.54, 1.807) is 0 Å². The van der Waals surface area contributed by atoms with Crippen molar-refractivity contribution in [3.8, 4) is 0 Å². The van der Waals surface area contributed by atoms with Gasteiger partial charge in [-0.15, -0.1) is 0 Å². The fourth-order valence-electron chi connectivity index (χ4n) is 1.81. The van der Waals surface area contributed by atoms with Crippen LogP contribution in [0.1, 0.15) is 26.7 Å². The Morgan fingerprint density at radius 1 is 1.21 bits per heavy atom. The van der Waals surface area contributed by atoms with Crippen molar-refractivity contribution in [3.63, 3.8) is 0 Å². The molecule has 0 saturated heterocycles. The molecule has 0 aromatic carbocycles. The van der Waals surface area contributed by atoms with Gasteiger partial charge in [-0.25, -0.2) is 0 Å². The van der Waals surface area contributed by atoms with Gasteiger partial charge < -0.3 is 20.1 Å². The minimum Gasteiger partial charge on any atom is -0.468 e. The highest BCUT2D eigenvalue weighted by Crippen LogP contribution is 2.11. The van der Waals surface area contributed by atoms with Crippen LogP contribution in [0.3, 0.4) is 0 Å². The fraction of sp³-hybridized carbons (Fsp3) is 0.846. The van der Waals surface area contributed by atoms with Gasteiger partial charge in [-0.1, -0.05) is 26.7 Å². The predicted molar refractivity (Wildman–Crippen MR) is 72.5 cm³/mol. The molecule has 0 radical (unpaired) electrons. The number of methoxy groups -OCH3 is 2. The summed E-state index contributed by atoms with van der Waals surface area (Å²) >= 11 is 0. The molecule has 0 aliphatic heterocycles. The molecule has 0 aromatic rings. The number of carbonyl (C=O) groups is 2. The van der Waals surface area contributed by atoms with Crippen LogP contribution in [-0.4, -0.2) is 56.7 Å². The summed E-state index contributed by atoms with van der Waals surface area (Å²) in [5, 5.41) is 0. The Morgan fingerprint density at radius 3 is 2.16 bits per heavy atom. The first-order valence-electron chi connectivity index (χ1n) is 6.62. The lowest BCUT2D eigenvalue weighted by molar-refractivity contribution is -0.151. The van der Waals surface area contributed by atoms with E-state index in [1.165, 1.54) is 19.1 Å². The number of hydrogen-bond acceptors (Lipinski definition) is 5. The maximum Gasteiger partial charge on any atom is 0.325 e. The molecule has 112 valence electrons. The third-order valence-corrected chi connectivity index (χ3v) is 3.27. The van der Waals surface area contributed by atoms with Crippen molar-refractivity contribution in [2.24, 2.45) is 11.7 Å². The maximum absolute atomic E-state index is 12.2. The molecule has 0 aliphatic rings. The van der Waals surface area contributed by atoms with Gasteiger partial charge >= 0.3 is 5.97 Å². The molecule has 0 spiro atoms. The Kier molecular flexibility index (Phi) is 9.16. The Morgan fingerprint density at radius 2 is 1.79 bits per heavy atom. The molecule has 0 saturated carbocycles. The Hall–Kier alpha value is -1.14. The minimum atomic E-state index is -0.709. The van der Waals surface area contributed by atoms with E-state index < -0.39 is 12.1 Å². The van der Waals surface area contributed by atoms with Crippen LogP contribution in [0.4, 0.5) is 0 Å². The third kappa shape index (κ3) is 6.02. The molecule has 0 aliphatic carbocycles. The molecule has 0 rings (SSSR count). The number of hydrogen-bond donors (Lipinski definition) is 1. The molecule has 0 aromatic heterocycles. The molecule has 6 heteroatoms. The summed E-state index contributed by atoms with van der Waals surface area (Å²) in [5.74, 6) is -0.350. The number of carbonyl (C=O) groups excluding carboxylic acids is 2. The van der Waals surface area contributed by atoms with Crippen molar-refractivity contribution in [3.05, 3.63) is 0 Å². The van der Waals surface area contributed by atoms with Crippen LogP contribution in [0.2, 0.25) is 0 Å². The summed E-state index contributed by atoms with van der Waals surface area (Å²) in [5.41, 5.74) is 5.49. The first kappa shape index (κ1) is 17.9. The van der Waals surface area contributed by atoms with E-state index in [1.807, 2.05) is 0 Å². The zero-order chi connectivity index (χ0) is 14.8. The van der Waals surface area contributed by atoms with E-state index in [2.05, 4.69) is 18.6 Å². The van der Waals surface area contributed by atoms with Crippen LogP contribution in [0.25, 0.3) is 0 Å². The highest BCUT2D eigenvalue weighted by atomic mass is 16.5. The van der Waals surface area contributed by atoms with Crippen molar-refractivity contribution in [2.45, 2.75) is 32.8 Å². The second-order valence-corrected chi connectivity index (χ2v) is 4.44. The topological polar surface area (TPSA) is 81.9 Å². The van der Waals surface area contributed by atoms with Crippen LogP contribution >= 0.6 is 0 Å². The molecule has 19 heavy (non-hydrogen) atoms. The second kappa shape index (κ2) is 9.75. The number of ether oxygens (including phenoxy) is 2. The largest absolute Gasteiger partial charge is 0.468 e. The molecule has 1 unspecified atom stereocenters. The molecular weight excluding hydrogens is 248 g/mol. The molecule has 0 heterocycles. The highest BCUT2D eigenvalue weighted by Gasteiger charge is 2.26. The van der Waals surface area contributed by atoms with Crippen molar-refractivity contribution in [1.82, 2.24) is 4.90 Å². The van der Waals surface area contributed by atoms with Gasteiger partial charge in [-0.3, -0.25) is 9.59 Å². The highest BCUT2D eigenvalue weighted by molar-refractivity contribution is 5.85. The first-order chi connectivity index (χ1) is 9.03. The maximum atomic E-state index is 12.2. The SMILES string of the molecule is CCC(CC)CN(CC(=O)OC)C(=O)C(CN)OC. The fourth-order valence-corrected chi connectivity index (χ4v) is 1.81. The molecule has 1 atom stereocenters. The van der Waals surface area contributed by atoms with Gasteiger partial charge in [0.15, 0.2) is 0 Å². The third-order valence-electron chi connectivity index (χ3n) is 3.27. The summed E-state index contributed by atoms with van der Waals surface area (Å²) in [4.78, 5) is 25.1. The molecule has 0 bridgehead atoms. The number of amides is 1. The number of nitrogens with zero attached hydrogens (tertiary/aromatic N) is 1. The predicted octanol–water partition coefficient (Wildman–Crippen LogP) is 0.398. The second-order valence-electron chi connectivity index (χ2n) is 4.44. The lowest BCUT2D eigenvalue weighted by Gasteiger charge is -2.28. The van der Waals surface area contributed by atoms with Gasteiger partial charge in [-0.2, -0.15) is 0 Å². The van der Waals surface area contributed by atoms with Gasteiger partial charge in [0.25, 0.3) is 5.91 Å². The average molecular weight is 274 g/mol. The Balaban J connectivity index is 4.82. The Labute approximate surface area is 115 Å². The van der Waals surface area contributed by atoms with Crippen molar-refractivity contribution in [1.29, 1.82) is 0 Å². The van der Waals surface area contributed by atoms with Crippen molar-refractivity contribution >= 4 is 11.9 Å². The zero-order valence-corrected chi connectivity index (χ0v) is 12.3. The zero-order valence-electron chi connectivity index (χ0n) is 12.3. The molecule has 2 N–H and O–H groups in total. The van der Waals surface area contributed by atoms with E-state index >= 15 is 0 Å². The number of rotatable bonds is 9. The summed E-state index contributed by atoms with van der Waals surface area (Å²) in [6.07, 6.45) is 1.18. The molecule has 0 fully saturated rings. The first-order valence-corrected chi connectivity index (χ1v) is 6.62. The van der Waals surface area contributed by atoms with E-state index in [9.17, 15) is 9.59 Å². The van der Waals surface area contributed by atoms with Gasteiger partial charge in [0, 0.05) is 20.2 Å². The van der Waals surface area contributed by atoms with Crippen molar-refractivity contribution in [2.75, 3.05) is 33.9 Å². The van der Waals surface area contributed by atoms with Gasteiger partial charge in [0.1, 0.15) is 12.6 Å². The van der Waals surface area contributed by atoms with Crippen LogP contribution in [0, 0.1) is 5.92 Å².